The third-order valence-electron chi connectivity index (χ3n) is 11.0. The molecule has 13 heteroatoms. The highest BCUT2D eigenvalue weighted by Crippen LogP contribution is 2.65. The topological polar surface area (TPSA) is 110 Å². The number of carbonyl (C=O) groups excluding carboxylic acids is 1. The SMILES string of the molecule is Cc1[nH]nc2ccc(C(=O)Nc3ccc4c(c3)nc(C3CC35CCN(c3cccc(OCc6ccc(Cl)cc6F)n3)CC5)n4C[C@]3([Si])CCO3)cc12. The molecule has 3 fully saturated rings. The van der Waals surface area contributed by atoms with Crippen molar-refractivity contribution in [1.29, 1.82) is 0 Å². The maximum Gasteiger partial charge on any atom is 0.255 e. The molecule has 2 saturated heterocycles. The lowest BCUT2D eigenvalue weighted by molar-refractivity contribution is -0.0946. The Morgan fingerprint density at radius 1 is 1.08 bits per heavy atom. The number of amides is 1. The van der Waals surface area contributed by atoms with Crippen molar-refractivity contribution in [3.63, 3.8) is 0 Å². The van der Waals surface area contributed by atoms with E-state index in [4.69, 9.17) is 31.0 Å². The summed E-state index contributed by atoms with van der Waals surface area (Å²) in [5.41, 5.74) is 5.48. The minimum Gasteiger partial charge on any atom is -0.473 e. The van der Waals surface area contributed by atoms with E-state index in [2.05, 4.69) is 41.3 Å². The summed E-state index contributed by atoms with van der Waals surface area (Å²) in [7, 11) is 3.91. The smallest absolute Gasteiger partial charge is 0.255 e. The monoisotopic (exact) mass is 732 g/mol. The zero-order valence-corrected chi connectivity index (χ0v) is 30.3. The van der Waals surface area contributed by atoms with Gasteiger partial charge in [0.05, 0.1) is 32.0 Å². The van der Waals surface area contributed by atoms with Crippen molar-refractivity contribution >= 4 is 61.2 Å². The van der Waals surface area contributed by atoms with Gasteiger partial charge in [-0.2, -0.15) is 10.1 Å². The molecule has 3 radical (unpaired) electrons. The van der Waals surface area contributed by atoms with E-state index in [1.807, 2.05) is 43.3 Å². The number of fused-ring (bicyclic) bond motifs is 2. The van der Waals surface area contributed by atoms with E-state index in [0.29, 0.717) is 40.2 Å². The van der Waals surface area contributed by atoms with Gasteiger partial charge in [-0.1, -0.05) is 23.7 Å². The van der Waals surface area contributed by atoms with Crippen molar-refractivity contribution in [3.05, 3.63) is 106 Å². The third kappa shape index (κ3) is 6.12. The molecule has 2 atom stereocenters. The van der Waals surface area contributed by atoms with Gasteiger partial charge in [-0.15, -0.1) is 0 Å². The maximum atomic E-state index is 14.3. The van der Waals surface area contributed by atoms with Crippen LogP contribution in [0.3, 0.4) is 0 Å². The van der Waals surface area contributed by atoms with Gasteiger partial charge >= 0.3 is 0 Å². The van der Waals surface area contributed by atoms with Crippen molar-refractivity contribution in [3.8, 4) is 5.88 Å². The Hall–Kier alpha value is -4.78. The third-order valence-corrected chi connectivity index (χ3v) is 11.8. The van der Waals surface area contributed by atoms with Crippen LogP contribution in [0.15, 0.2) is 72.8 Å². The molecule has 6 aromatic rings. The highest BCUT2D eigenvalue weighted by atomic mass is 35.5. The van der Waals surface area contributed by atoms with E-state index < -0.39 is 11.0 Å². The van der Waals surface area contributed by atoms with Gasteiger partial charge in [0.15, 0.2) is 0 Å². The van der Waals surface area contributed by atoms with Crippen LogP contribution in [-0.4, -0.2) is 65.8 Å². The van der Waals surface area contributed by atoms with Gasteiger partial charge in [0.2, 0.25) is 5.88 Å². The number of benzene rings is 3. The van der Waals surface area contributed by atoms with Gasteiger partial charge in [-0.05, 0) is 92.6 Å². The molecule has 3 aliphatic rings. The quantitative estimate of drug-likeness (QED) is 0.150. The number of anilines is 2. The molecule has 1 spiro atoms. The first-order valence-electron chi connectivity index (χ1n) is 17.6. The molecule has 2 aliphatic heterocycles. The van der Waals surface area contributed by atoms with E-state index in [0.717, 1.165) is 84.7 Å². The molecule has 9 rings (SSSR count). The Balaban J connectivity index is 0.911. The lowest BCUT2D eigenvalue weighted by Gasteiger charge is -2.39. The lowest BCUT2D eigenvalue weighted by Crippen LogP contribution is -2.48. The van der Waals surface area contributed by atoms with E-state index in [-0.39, 0.29) is 17.9 Å². The molecule has 10 nitrogen and oxygen atoms in total. The maximum absolute atomic E-state index is 14.3. The van der Waals surface area contributed by atoms with Gasteiger partial charge in [0.1, 0.15) is 24.1 Å². The summed E-state index contributed by atoms with van der Waals surface area (Å²) in [6.45, 7) is 5.13. The number of halogens is 2. The minimum atomic E-state index is -0.414. The van der Waals surface area contributed by atoms with E-state index in [1.54, 1.807) is 24.3 Å². The number of pyridine rings is 1. The van der Waals surface area contributed by atoms with Gasteiger partial charge in [0, 0.05) is 71.1 Å². The second-order valence-electron chi connectivity index (χ2n) is 14.4. The normalized spacial score (nSPS) is 20.7. The molecule has 1 unspecified atom stereocenters. The van der Waals surface area contributed by atoms with Crippen molar-refractivity contribution in [1.82, 2.24) is 24.7 Å². The number of carbonyl (C=O) groups is 1. The molecule has 1 amide bonds. The summed E-state index contributed by atoms with van der Waals surface area (Å²) in [6.07, 6.45) is 4.02. The summed E-state index contributed by atoms with van der Waals surface area (Å²) in [5, 5.41) is 11.2. The van der Waals surface area contributed by atoms with Crippen molar-refractivity contribution in [2.24, 2.45) is 5.41 Å². The molecule has 5 heterocycles. The Morgan fingerprint density at radius 2 is 1.92 bits per heavy atom. The second-order valence-corrected chi connectivity index (χ2v) is 15.7. The zero-order valence-electron chi connectivity index (χ0n) is 28.6. The van der Waals surface area contributed by atoms with Crippen LogP contribution in [-0.2, 0) is 17.9 Å². The number of aromatic nitrogens is 5. The minimum absolute atomic E-state index is 0.0711. The molecule has 1 saturated carbocycles. The Bertz CT molecular complexity index is 2350. The molecular formula is C39H36ClFN7O3Si. The average molecular weight is 733 g/mol. The number of ether oxygens (including phenoxy) is 2. The molecule has 2 N–H and O–H groups in total. The molecule has 52 heavy (non-hydrogen) atoms. The first kappa shape index (κ1) is 33.1. The highest BCUT2D eigenvalue weighted by molar-refractivity contribution is 6.30. The number of hydrogen-bond donors (Lipinski definition) is 2. The fourth-order valence-electron chi connectivity index (χ4n) is 7.77. The number of nitrogens with zero attached hydrogens (tertiary/aromatic N) is 5. The van der Waals surface area contributed by atoms with Crippen LogP contribution >= 0.6 is 11.6 Å². The van der Waals surface area contributed by atoms with Crippen LogP contribution in [0, 0.1) is 18.2 Å². The number of imidazole rings is 1. The molecule has 1 aliphatic carbocycles. The predicted octanol–water partition coefficient (Wildman–Crippen LogP) is 7.30. The summed E-state index contributed by atoms with van der Waals surface area (Å²) < 4.78 is 28.4. The highest BCUT2D eigenvalue weighted by Gasteiger charge is 2.57. The Morgan fingerprint density at radius 3 is 2.71 bits per heavy atom. The Kier molecular flexibility index (Phi) is 8.09. The Labute approximate surface area is 308 Å². The molecule has 3 aromatic carbocycles. The van der Waals surface area contributed by atoms with Crippen molar-refractivity contribution in [2.75, 3.05) is 29.9 Å². The number of aromatic amines is 1. The van der Waals surface area contributed by atoms with Crippen LogP contribution in [0.4, 0.5) is 15.9 Å². The fourth-order valence-corrected chi connectivity index (χ4v) is 8.29. The largest absolute Gasteiger partial charge is 0.473 e. The van der Waals surface area contributed by atoms with Gasteiger partial charge in [0.25, 0.3) is 5.91 Å². The van der Waals surface area contributed by atoms with Crippen LogP contribution in [0.5, 0.6) is 5.88 Å². The van der Waals surface area contributed by atoms with Gasteiger partial charge in [-0.25, -0.2) is 9.37 Å². The first-order valence-corrected chi connectivity index (χ1v) is 18.5. The number of piperidine rings is 1. The molecule has 263 valence electrons. The van der Waals surface area contributed by atoms with Gasteiger partial charge < -0.3 is 24.3 Å². The van der Waals surface area contributed by atoms with Crippen LogP contribution in [0.2, 0.25) is 5.02 Å². The summed E-state index contributed by atoms with van der Waals surface area (Å²) >= 11 is 5.90. The lowest BCUT2D eigenvalue weighted by atomic mass is 9.90. The van der Waals surface area contributed by atoms with Crippen LogP contribution < -0.4 is 15.0 Å². The molecule has 3 aromatic heterocycles. The number of H-pyrrole nitrogens is 1. The van der Waals surface area contributed by atoms with E-state index >= 15 is 0 Å². The molecule has 0 bridgehead atoms. The van der Waals surface area contributed by atoms with Crippen molar-refractivity contribution in [2.45, 2.75) is 56.9 Å². The molecular weight excluding hydrogens is 697 g/mol. The predicted molar refractivity (Wildman–Crippen MR) is 199 cm³/mol. The standard InChI is InChI=1S/C39H36ClFN7O3Si/c1-23-28-17-24(6-9-31(28)46-45-23)37(49)42-27-8-10-33-32(19-27)43-36(48(33)22-39(52)13-16-51-39)29-20-38(29)11-14-47(15-12-38)34-3-2-4-35(44-34)50-21-25-5-7-26(40)18-30(25)41/h2-10,17-19,29H,11-16,20-22H2,1H3,(H,42,49)(H,45,46)/t29?,39-/m1/s1. The summed E-state index contributed by atoms with van der Waals surface area (Å²) in [4.78, 5) is 25.6. The first-order chi connectivity index (χ1) is 25.2. The van der Waals surface area contributed by atoms with E-state index in [9.17, 15) is 9.18 Å². The van der Waals surface area contributed by atoms with Gasteiger partial charge in [-0.3, -0.25) is 9.89 Å². The number of aryl methyl sites for hydroxylation is 1. The number of hydrogen-bond acceptors (Lipinski definition) is 7. The van der Waals surface area contributed by atoms with Crippen LogP contribution in [0.25, 0.3) is 21.9 Å². The average Bonchev–Trinajstić information content (AvgIpc) is 3.50. The van der Waals surface area contributed by atoms with Crippen molar-refractivity contribution < 1.29 is 18.7 Å². The number of rotatable bonds is 9. The fraction of sp³-hybridized carbons (Fsp3) is 0.333. The second kappa shape index (κ2) is 12.7. The summed E-state index contributed by atoms with van der Waals surface area (Å²) in [5.74, 6) is 2.12. The number of nitrogens with one attached hydrogen (secondary N) is 2. The van der Waals surface area contributed by atoms with Crippen LogP contribution in [0.1, 0.15) is 59.0 Å². The zero-order chi connectivity index (χ0) is 35.6. The van der Waals surface area contributed by atoms with E-state index in [1.165, 1.54) is 6.07 Å². The summed E-state index contributed by atoms with van der Waals surface area (Å²) in [6, 6.07) is 21.8.